The zero-order chi connectivity index (χ0) is 17.3. The predicted octanol–water partition coefficient (Wildman–Crippen LogP) is 0.747. The third-order valence-electron chi connectivity index (χ3n) is 4.96. The lowest BCUT2D eigenvalue weighted by Crippen LogP contribution is -2.42. The minimum absolute atomic E-state index is 0.0376. The van der Waals surface area contributed by atoms with Gasteiger partial charge in [-0.1, -0.05) is 6.92 Å². The van der Waals surface area contributed by atoms with E-state index in [2.05, 4.69) is 21.8 Å². The van der Waals surface area contributed by atoms with Crippen molar-refractivity contribution in [1.29, 1.82) is 0 Å². The number of nitrogens with zero attached hydrogens (tertiary/aromatic N) is 3. The fourth-order valence-electron chi connectivity index (χ4n) is 3.33. The molecule has 0 saturated heterocycles. The van der Waals surface area contributed by atoms with Crippen molar-refractivity contribution in [2.45, 2.75) is 39.3 Å². The Bertz CT molecular complexity index is 627. The maximum atomic E-state index is 12.5. The van der Waals surface area contributed by atoms with E-state index in [0.29, 0.717) is 25.6 Å². The summed E-state index contributed by atoms with van der Waals surface area (Å²) < 4.78 is 6.99. The Labute approximate surface area is 142 Å². The molecule has 1 N–H and O–H groups in total. The number of ether oxygens (including phenoxy) is 1. The molecular weight excluding hydrogens is 308 g/mol. The van der Waals surface area contributed by atoms with Gasteiger partial charge in [-0.2, -0.15) is 0 Å². The number of aromatic nitrogens is 2. The lowest BCUT2D eigenvalue weighted by Gasteiger charge is -2.34. The number of carbonyl (C=O) groups excluding carboxylic acids is 2. The van der Waals surface area contributed by atoms with Crippen molar-refractivity contribution in [2.75, 3.05) is 26.8 Å². The SMILES string of the molecule is COCCNC(=O)Cc1cn2c(n1)[C@H](C)N(C(=O)[C@@H]1C[C@@H]1C)CC2. The monoisotopic (exact) mass is 334 g/mol. The average Bonchev–Trinajstić information content (AvgIpc) is 3.12. The number of carbonyl (C=O) groups is 2. The molecule has 1 saturated carbocycles. The van der Waals surface area contributed by atoms with E-state index in [1.54, 1.807) is 7.11 Å². The molecule has 2 amide bonds. The van der Waals surface area contributed by atoms with Crippen molar-refractivity contribution in [3.63, 3.8) is 0 Å². The first-order valence-corrected chi connectivity index (χ1v) is 8.63. The Morgan fingerprint density at radius 1 is 1.38 bits per heavy atom. The van der Waals surface area contributed by atoms with Crippen LogP contribution in [0.4, 0.5) is 0 Å². The molecule has 7 nitrogen and oxygen atoms in total. The summed E-state index contributed by atoms with van der Waals surface area (Å²) in [6, 6.07) is -0.0376. The molecule has 24 heavy (non-hydrogen) atoms. The first-order valence-electron chi connectivity index (χ1n) is 8.63. The normalized spacial score (nSPS) is 25.3. The first kappa shape index (κ1) is 17.0. The molecule has 1 aromatic rings. The molecule has 132 valence electrons. The summed E-state index contributed by atoms with van der Waals surface area (Å²) in [7, 11) is 1.60. The van der Waals surface area contributed by atoms with Crippen molar-refractivity contribution < 1.29 is 14.3 Å². The number of fused-ring (bicyclic) bond motifs is 1. The molecule has 1 aromatic heterocycles. The second-order valence-corrected chi connectivity index (χ2v) is 6.83. The van der Waals surface area contributed by atoms with E-state index in [0.717, 1.165) is 24.5 Å². The largest absolute Gasteiger partial charge is 0.383 e. The second-order valence-electron chi connectivity index (χ2n) is 6.83. The number of rotatable bonds is 6. The van der Waals surface area contributed by atoms with Crippen LogP contribution in [0, 0.1) is 11.8 Å². The number of methoxy groups -OCH3 is 1. The third-order valence-corrected chi connectivity index (χ3v) is 4.96. The molecule has 2 aliphatic rings. The Kier molecular flexibility index (Phi) is 4.89. The van der Waals surface area contributed by atoms with Crippen molar-refractivity contribution in [3.05, 3.63) is 17.7 Å². The standard InChI is InChI=1S/C17H26N4O3/c1-11-8-14(11)17(23)21-6-5-20-10-13(19-16(20)12(21)2)9-15(22)18-4-7-24-3/h10-12,14H,4-9H2,1-3H3,(H,18,22)/t11-,12-,14+/m0/s1. The van der Waals surface area contributed by atoms with Gasteiger partial charge in [-0.3, -0.25) is 9.59 Å². The highest BCUT2D eigenvalue weighted by atomic mass is 16.5. The molecule has 1 aliphatic carbocycles. The van der Waals surface area contributed by atoms with Crippen LogP contribution in [0.5, 0.6) is 0 Å². The molecule has 0 spiro atoms. The zero-order valence-corrected chi connectivity index (χ0v) is 14.6. The lowest BCUT2D eigenvalue weighted by molar-refractivity contribution is -0.136. The third kappa shape index (κ3) is 3.45. The van der Waals surface area contributed by atoms with Gasteiger partial charge in [0.15, 0.2) is 0 Å². The van der Waals surface area contributed by atoms with Gasteiger partial charge in [-0.05, 0) is 19.3 Å². The van der Waals surface area contributed by atoms with Gasteiger partial charge in [0.2, 0.25) is 11.8 Å². The fourth-order valence-corrected chi connectivity index (χ4v) is 3.33. The molecule has 3 atom stereocenters. The van der Waals surface area contributed by atoms with E-state index in [4.69, 9.17) is 4.74 Å². The highest BCUT2D eigenvalue weighted by molar-refractivity contribution is 5.82. The summed E-state index contributed by atoms with van der Waals surface area (Å²) in [5.74, 6) is 1.78. The Morgan fingerprint density at radius 2 is 2.12 bits per heavy atom. The first-order chi connectivity index (χ1) is 11.5. The summed E-state index contributed by atoms with van der Waals surface area (Å²) in [4.78, 5) is 31.0. The molecular formula is C17H26N4O3. The van der Waals surface area contributed by atoms with Crippen molar-refractivity contribution in [3.8, 4) is 0 Å². The minimum atomic E-state index is -0.0603. The molecule has 1 aliphatic heterocycles. The van der Waals surface area contributed by atoms with E-state index in [1.165, 1.54) is 0 Å². The summed E-state index contributed by atoms with van der Waals surface area (Å²) in [6.45, 7) is 6.60. The van der Waals surface area contributed by atoms with Gasteiger partial charge >= 0.3 is 0 Å². The van der Waals surface area contributed by atoms with Crippen LogP contribution in [-0.2, 0) is 27.3 Å². The quantitative estimate of drug-likeness (QED) is 0.779. The van der Waals surface area contributed by atoms with E-state index in [9.17, 15) is 9.59 Å². The van der Waals surface area contributed by atoms with Crippen LogP contribution in [0.3, 0.4) is 0 Å². The second kappa shape index (κ2) is 6.93. The van der Waals surface area contributed by atoms with Crippen LogP contribution in [-0.4, -0.2) is 53.1 Å². The summed E-state index contributed by atoms with van der Waals surface area (Å²) in [5, 5.41) is 2.80. The topological polar surface area (TPSA) is 76.5 Å². The molecule has 0 radical (unpaired) electrons. The molecule has 2 heterocycles. The molecule has 0 bridgehead atoms. The van der Waals surface area contributed by atoms with Crippen molar-refractivity contribution in [2.24, 2.45) is 11.8 Å². The van der Waals surface area contributed by atoms with Crippen LogP contribution in [0.1, 0.15) is 37.8 Å². The number of hydrogen-bond acceptors (Lipinski definition) is 4. The summed E-state index contributed by atoms with van der Waals surface area (Å²) >= 11 is 0. The number of imidazole rings is 1. The van der Waals surface area contributed by atoms with Crippen LogP contribution < -0.4 is 5.32 Å². The predicted molar refractivity (Wildman–Crippen MR) is 88.2 cm³/mol. The van der Waals surface area contributed by atoms with Crippen molar-refractivity contribution >= 4 is 11.8 Å². The van der Waals surface area contributed by atoms with Crippen LogP contribution in [0.25, 0.3) is 0 Å². The molecule has 7 heteroatoms. The maximum absolute atomic E-state index is 12.5. The van der Waals surface area contributed by atoms with E-state index in [1.807, 2.05) is 18.0 Å². The number of nitrogens with one attached hydrogen (secondary N) is 1. The highest BCUT2D eigenvalue weighted by Crippen LogP contribution is 2.41. The van der Waals surface area contributed by atoms with Gasteiger partial charge in [0, 0.05) is 38.9 Å². The van der Waals surface area contributed by atoms with Crippen LogP contribution in [0.2, 0.25) is 0 Å². The molecule has 1 fully saturated rings. The number of hydrogen-bond donors (Lipinski definition) is 1. The van der Waals surface area contributed by atoms with Crippen molar-refractivity contribution in [1.82, 2.24) is 19.8 Å². The molecule has 0 unspecified atom stereocenters. The van der Waals surface area contributed by atoms with Gasteiger partial charge in [0.25, 0.3) is 0 Å². The van der Waals surface area contributed by atoms with E-state index in [-0.39, 0.29) is 30.2 Å². The Balaban J connectivity index is 1.63. The summed E-state index contributed by atoms with van der Waals surface area (Å²) in [6.07, 6.45) is 3.19. The zero-order valence-electron chi connectivity index (χ0n) is 14.6. The van der Waals surface area contributed by atoms with E-state index >= 15 is 0 Å². The Morgan fingerprint density at radius 3 is 2.79 bits per heavy atom. The fraction of sp³-hybridized carbons (Fsp3) is 0.706. The molecule has 0 aromatic carbocycles. The van der Waals surface area contributed by atoms with Gasteiger partial charge in [0.1, 0.15) is 5.82 Å². The van der Waals surface area contributed by atoms with Gasteiger partial charge in [-0.15, -0.1) is 0 Å². The van der Waals surface area contributed by atoms with Crippen LogP contribution in [0.15, 0.2) is 6.20 Å². The lowest BCUT2D eigenvalue weighted by atomic mass is 10.1. The van der Waals surface area contributed by atoms with E-state index < -0.39 is 0 Å². The highest BCUT2D eigenvalue weighted by Gasteiger charge is 2.43. The maximum Gasteiger partial charge on any atom is 0.226 e. The Hall–Kier alpha value is -1.89. The smallest absolute Gasteiger partial charge is 0.226 e. The van der Waals surface area contributed by atoms with Gasteiger partial charge in [-0.25, -0.2) is 4.98 Å². The average molecular weight is 334 g/mol. The molecule has 3 rings (SSSR count). The summed E-state index contributed by atoms with van der Waals surface area (Å²) in [5.41, 5.74) is 0.751. The van der Waals surface area contributed by atoms with Crippen LogP contribution >= 0.6 is 0 Å². The number of amides is 2. The minimum Gasteiger partial charge on any atom is -0.383 e. The van der Waals surface area contributed by atoms with Gasteiger partial charge < -0.3 is 19.5 Å². The van der Waals surface area contributed by atoms with Gasteiger partial charge in [0.05, 0.1) is 24.8 Å².